The Morgan fingerprint density at radius 1 is 0.930 bits per heavy atom. The van der Waals surface area contributed by atoms with E-state index in [4.69, 9.17) is 21.1 Å². The molecule has 4 aliphatic rings. The molecule has 8 rings (SSSR count). The summed E-state index contributed by atoms with van der Waals surface area (Å²) in [7, 11) is 1.63. The minimum absolute atomic E-state index is 0.0246. The van der Waals surface area contributed by atoms with Gasteiger partial charge in [-0.15, -0.1) is 11.8 Å². The van der Waals surface area contributed by atoms with Crippen LogP contribution in [0.4, 0.5) is 5.69 Å². The molecule has 7 nitrogen and oxygen atoms in total. The van der Waals surface area contributed by atoms with Crippen LogP contribution < -0.4 is 19.2 Å². The fourth-order valence-corrected chi connectivity index (χ4v) is 11.0. The van der Waals surface area contributed by atoms with Gasteiger partial charge in [-0.25, -0.2) is 0 Å². The molecule has 3 fully saturated rings. The fraction of sp³-hybridized carbons (Fsp3) is 0.303. The molecule has 0 radical (unpaired) electrons. The molecule has 0 spiro atoms. The maximum Gasteiger partial charge on any atom is 0.305 e. The number of thioether (sulfide) groups is 1. The average molecular weight is 631 g/mol. The number of methoxy groups -OCH3 is 1. The number of ether oxygens (including phenoxy) is 2. The number of thiazole rings is 1. The molecule has 10 heteroatoms. The number of carbonyl (C=O) groups excluding carboxylic acids is 2. The van der Waals surface area contributed by atoms with Crippen molar-refractivity contribution in [3.05, 3.63) is 103 Å². The number of nitrogens with one attached hydrogen (secondary N) is 1. The molecule has 2 bridgehead atoms. The Hall–Kier alpha value is -3.53. The third-order valence-electron chi connectivity index (χ3n) is 9.59. The van der Waals surface area contributed by atoms with Gasteiger partial charge in [0.25, 0.3) is 0 Å². The number of H-pyrrole nitrogens is 1. The fourth-order valence-electron chi connectivity index (χ4n) is 7.97. The van der Waals surface area contributed by atoms with Gasteiger partial charge < -0.3 is 14.5 Å². The van der Waals surface area contributed by atoms with Crippen molar-refractivity contribution in [3.63, 3.8) is 0 Å². The van der Waals surface area contributed by atoms with E-state index in [0.29, 0.717) is 28.8 Å². The van der Waals surface area contributed by atoms with Crippen LogP contribution >= 0.6 is 34.7 Å². The Kier molecular flexibility index (Phi) is 6.47. The number of aromatic amines is 1. The van der Waals surface area contributed by atoms with E-state index < -0.39 is 0 Å². The van der Waals surface area contributed by atoms with E-state index in [1.54, 1.807) is 43.1 Å². The van der Waals surface area contributed by atoms with E-state index in [2.05, 4.69) is 11.1 Å². The van der Waals surface area contributed by atoms with Gasteiger partial charge >= 0.3 is 4.87 Å². The highest BCUT2D eigenvalue weighted by Crippen LogP contribution is 2.68. The summed E-state index contributed by atoms with van der Waals surface area (Å²) in [5.74, 6) is 0.363. The van der Waals surface area contributed by atoms with E-state index in [1.165, 1.54) is 16.2 Å². The first-order valence-electron chi connectivity index (χ1n) is 14.3. The largest absolute Gasteiger partial charge is 0.493 e. The summed E-state index contributed by atoms with van der Waals surface area (Å²) in [6, 6.07) is 22.9. The number of halogens is 1. The number of fused-ring (bicyclic) bond motifs is 9. The lowest BCUT2D eigenvalue weighted by molar-refractivity contribution is -0.123. The van der Waals surface area contributed by atoms with Crippen molar-refractivity contribution in [3.8, 4) is 11.5 Å². The zero-order chi connectivity index (χ0) is 29.4. The van der Waals surface area contributed by atoms with Crippen LogP contribution in [0.2, 0.25) is 5.02 Å². The third-order valence-corrected chi connectivity index (χ3v) is 12.4. The lowest BCUT2D eigenvalue weighted by Gasteiger charge is -2.43. The Balaban J connectivity index is 1.16. The molecule has 218 valence electrons. The molecular formula is C33H27ClN2O5S2. The molecule has 7 atom stereocenters. The molecular weight excluding hydrogens is 604 g/mol. The van der Waals surface area contributed by atoms with Crippen LogP contribution in [0.25, 0.3) is 0 Å². The highest BCUT2D eigenvalue weighted by atomic mass is 35.5. The predicted molar refractivity (Wildman–Crippen MR) is 166 cm³/mol. The van der Waals surface area contributed by atoms with Crippen LogP contribution in [-0.4, -0.2) is 29.2 Å². The summed E-state index contributed by atoms with van der Waals surface area (Å²) < 4.78 is 11.9. The first-order valence-corrected chi connectivity index (χ1v) is 16.4. The van der Waals surface area contributed by atoms with Crippen LogP contribution in [0.1, 0.15) is 28.3 Å². The second-order valence-electron chi connectivity index (χ2n) is 11.6. The molecule has 3 aromatic carbocycles. The number of hydrogen-bond donors (Lipinski definition) is 1. The zero-order valence-electron chi connectivity index (χ0n) is 23.1. The van der Waals surface area contributed by atoms with Gasteiger partial charge in [0.2, 0.25) is 11.8 Å². The van der Waals surface area contributed by atoms with Crippen molar-refractivity contribution < 1.29 is 19.1 Å². The normalized spacial score (nSPS) is 28.5. The van der Waals surface area contributed by atoms with E-state index in [9.17, 15) is 14.4 Å². The number of benzene rings is 3. The SMILES string of the molecule is COc1cc(C2c3sc(=O)[nH]c3SC3C2[C@H]2C[C@@H]3C3C(=O)N(c4ccc(Cl)cc4)C(=O)C32)ccc1OCc1ccccc1. The molecule has 4 aromatic rings. The lowest BCUT2D eigenvalue weighted by Crippen LogP contribution is -2.42. The van der Waals surface area contributed by atoms with Gasteiger partial charge in [-0.1, -0.05) is 59.3 Å². The number of nitrogens with zero attached hydrogens (tertiary/aromatic N) is 1. The number of carbonyl (C=O) groups is 2. The van der Waals surface area contributed by atoms with Crippen molar-refractivity contribution in [1.29, 1.82) is 0 Å². The summed E-state index contributed by atoms with van der Waals surface area (Å²) in [4.78, 5) is 45.7. The van der Waals surface area contributed by atoms with Crippen LogP contribution in [0.5, 0.6) is 11.5 Å². The number of aromatic nitrogens is 1. The molecule has 1 N–H and O–H groups in total. The summed E-state index contributed by atoms with van der Waals surface area (Å²) in [6.45, 7) is 0.415. The molecule has 2 aliphatic carbocycles. The van der Waals surface area contributed by atoms with Gasteiger partial charge in [-0.05, 0) is 71.7 Å². The summed E-state index contributed by atoms with van der Waals surface area (Å²) in [6.07, 6.45) is 0.828. The monoisotopic (exact) mass is 630 g/mol. The van der Waals surface area contributed by atoms with Crippen LogP contribution in [0, 0.1) is 29.6 Å². The van der Waals surface area contributed by atoms with E-state index in [1.807, 2.05) is 42.5 Å². The van der Waals surface area contributed by atoms with E-state index in [0.717, 1.165) is 27.5 Å². The standard InChI is InChI=1S/C33H27ClN2O5S2/c1-40-23-13-17(7-12-22(23)41-15-16-5-3-2-4-6-16)24-25-20-14-21(28(25)42-30-29(24)43-33(39)35-30)27-26(20)31(37)36(32(27)38)19-10-8-18(34)9-11-19/h2-13,20-21,24-28H,14-15H2,1H3,(H,35,39)/t20-,21-,24?,25?,26?,27?,28?/m1/s1. The smallest absolute Gasteiger partial charge is 0.305 e. The van der Waals surface area contributed by atoms with E-state index >= 15 is 0 Å². The van der Waals surface area contributed by atoms with Gasteiger partial charge in [-0.3, -0.25) is 19.3 Å². The number of rotatable bonds is 6. The topological polar surface area (TPSA) is 88.7 Å². The first-order chi connectivity index (χ1) is 20.9. The molecule has 2 aliphatic heterocycles. The van der Waals surface area contributed by atoms with Crippen LogP contribution in [-0.2, 0) is 16.2 Å². The van der Waals surface area contributed by atoms with Crippen molar-refractivity contribution in [1.82, 2.24) is 4.98 Å². The van der Waals surface area contributed by atoms with Crippen LogP contribution in [0.15, 0.2) is 82.6 Å². The second kappa shape index (κ2) is 10.3. The maximum absolute atomic E-state index is 13.9. The Morgan fingerprint density at radius 3 is 2.42 bits per heavy atom. The van der Waals surface area contributed by atoms with Crippen molar-refractivity contribution >= 4 is 52.2 Å². The summed E-state index contributed by atoms with van der Waals surface area (Å²) in [5.41, 5.74) is 2.65. The molecule has 2 amide bonds. The molecule has 3 heterocycles. The van der Waals surface area contributed by atoms with Gasteiger partial charge in [0.15, 0.2) is 11.5 Å². The molecule has 2 saturated carbocycles. The Bertz CT molecular complexity index is 1810. The maximum atomic E-state index is 13.9. The molecule has 1 saturated heterocycles. The van der Waals surface area contributed by atoms with Gasteiger partial charge in [0.05, 0.1) is 29.7 Å². The number of amides is 2. The minimum Gasteiger partial charge on any atom is -0.493 e. The first kappa shape index (κ1) is 27.0. The van der Waals surface area contributed by atoms with Crippen molar-refractivity contribution in [2.45, 2.75) is 29.2 Å². The quantitative estimate of drug-likeness (QED) is 0.250. The van der Waals surface area contributed by atoms with Gasteiger partial charge in [0.1, 0.15) is 6.61 Å². The van der Waals surface area contributed by atoms with Gasteiger partial charge in [-0.2, -0.15) is 0 Å². The lowest BCUT2D eigenvalue weighted by atomic mass is 9.68. The Labute approximate surface area is 261 Å². The number of anilines is 1. The third kappa shape index (κ3) is 4.19. The Morgan fingerprint density at radius 2 is 1.67 bits per heavy atom. The second-order valence-corrected chi connectivity index (χ2v) is 14.3. The van der Waals surface area contributed by atoms with E-state index in [-0.39, 0.29) is 57.4 Å². The summed E-state index contributed by atoms with van der Waals surface area (Å²) in [5, 5.41) is 1.54. The van der Waals surface area contributed by atoms with Crippen molar-refractivity contribution in [2.24, 2.45) is 29.6 Å². The van der Waals surface area contributed by atoms with Gasteiger partial charge in [0, 0.05) is 21.1 Å². The highest BCUT2D eigenvalue weighted by Gasteiger charge is 2.69. The van der Waals surface area contributed by atoms with Crippen LogP contribution in [0.3, 0.4) is 0 Å². The van der Waals surface area contributed by atoms with Crippen molar-refractivity contribution in [2.75, 3.05) is 12.0 Å². The summed E-state index contributed by atoms with van der Waals surface area (Å²) >= 11 is 9.01. The highest BCUT2D eigenvalue weighted by molar-refractivity contribution is 8.00. The predicted octanol–water partition coefficient (Wildman–Crippen LogP) is 6.36. The number of hydrogen-bond acceptors (Lipinski definition) is 7. The number of imide groups is 1. The minimum atomic E-state index is -0.370. The average Bonchev–Trinajstić information content (AvgIpc) is 3.76. The molecule has 1 aromatic heterocycles. The molecule has 43 heavy (non-hydrogen) atoms. The molecule has 5 unspecified atom stereocenters. The zero-order valence-corrected chi connectivity index (χ0v) is 25.5.